The lowest BCUT2D eigenvalue weighted by atomic mass is 9.99. The minimum Gasteiger partial charge on any atom is -0.381 e. The minimum absolute atomic E-state index is 0.0766. The summed E-state index contributed by atoms with van der Waals surface area (Å²) in [5.74, 6) is 1.02. The Labute approximate surface area is 107 Å². The van der Waals surface area contributed by atoms with Crippen LogP contribution in [-0.2, 0) is 9.53 Å². The van der Waals surface area contributed by atoms with Gasteiger partial charge in [-0.2, -0.15) is 0 Å². The molecule has 0 spiro atoms. The summed E-state index contributed by atoms with van der Waals surface area (Å²) >= 11 is 0. The maximum absolute atomic E-state index is 12.3. The third-order valence-corrected chi connectivity index (χ3v) is 3.29. The molecule has 0 unspecified atom stereocenters. The van der Waals surface area contributed by atoms with Crippen molar-refractivity contribution in [2.75, 3.05) is 37.5 Å². The minimum atomic E-state index is 0.0766. The Kier molecular flexibility index (Phi) is 4.15. The molecule has 1 N–H and O–H groups in total. The highest BCUT2D eigenvalue weighted by Crippen LogP contribution is 2.21. The molecule has 2 rings (SSSR count). The molecule has 1 aliphatic heterocycles. The summed E-state index contributed by atoms with van der Waals surface area (Å²) < 4.78 is 5.27. The molecule has 5 heteroatoms. The van der Waals surface area contributed by atoms with Crippen LogP contribution in [0.25, 0.3) is 0 Å². The molecule has 0 bridgehead atoms. The van der Waals surface area contributed by atoms with E-state index in [-0.39, 0.29) is 11.8 Å². The van der Waals surface area contributed by atoms with Gasteiger partial charge >= 0.3 is 0 Å². The summed E-state index contributed by atoms with van der Waals surface area (Å²) in [4.78, 5) is 18.2. The molecule has 1 saturated heterocycles. The normalized spacial score (nSPS) is 16.3. The molecule has 0 aliphatic carbocycles. The van der Waals surface area contributed by atoms with Crippen LogP contribution in [0.3, 0.4) is 0 Å². The Bertz CT molecular complexity index is 399. The SMILES string of the molecule is CNc1ccc(N(C)C(=O)C2CCOCC2)cn1. The van der Waals surface area contributed by atoms with Gasteiger partial charge in [0.2, 0.25) is 5.91 Å². The van der Waals surface area contributed by atoms with Crippen molar-refractivity contribution in [3.63, 3.8) is 0 Å². The van der Waals surface area contributed by atoms with E-state index < -0.39 is 0 Å². The van der Waals surface area contributed by atoms with Crippen molar-refractivity contribution >= 4 is 17.4 Å². The van der Waals surface area contributed by atoms with Gasteiger partial charge in [0.15, 0.2) is 0 Å². The molecule has 2 heterocycles. The number of amides is 1. The van der Waals surface area contributed by atoms with Crippen molar-refractivity contribution in [1.29, 1.82) is 0 Å². The number of carbonyl (C=O) groups is 1. The summed E-state index contributed by atoms with van der Waals surface area (Å²) in [7, 11) is 3.62. The fraction of sp³-hybridized carbons (Fsp3) is 0.538. The molecule has 1 aromatic rings. The summed E-state index contributed by atoms with van der Waals surface area (Å²) in [5, 5.41) is 2.95. The maximum Gasteiger partial charge on any atom is 0.230 e. The van der Waals surface area contributed by atoms with Crippen molar-refractivity contribution in [2.24, 2.45) is 5.92 Å². The van der Waals surface area contributed by atoms with Gasteiger partial charge in [0.05, 0.1) is 11.9 Å². The van der Waals surface area contributed by atoms with Gasteiger partial charge in [-0.25, -0.2) is 4.98 Å². The fourth-order valence-corrected chi connectivity index (χ4v) is 2.08. The lowest BCUT2D eigenvalue weighted by molar-refractivity contribution is -0.124. The molecule has 1 amide bonds. The van der Waals surface area contributed by atoms with Gasteiger partial charge < -0.3 is 15.0 Å². The average molecular weight is 249 g/mol. The largest absolute Gasteiger partial charge is 0.381 e. The first kappa shape index (κ1) is 12.8. The zero-order valence-corrected chi connectivity index (χ0v) is 10.8. The van der Waals surface area contributed by atoms with Gasteiger partial charge in [-0.05, 0) is 25.0 Å². The number of rotatable bonds is 3. The van der Waals surface area contributed by atoms with Gasteiger partial charge in [0.1, 0.15) is 5.82 Å². The first-order chi connectivity index (χ1) is 8.72. The van der Waals surface area contributed by atoms with Crippen LogP contribution in [0.4, 0.5) is 11.5 Å². The number of nitrogens with zero attached hydrogens (tertiary/aromatic N) is 2. The highest BCUT2D eigenvalue weighted by atomic mass is 16.5. The van der Waals surface area contributed by atoms with E-state index in [0.29, 0.717) is 13.2 Å². The number of ether oxygens (including phenoxy) is 1. The Morgan fingerprint density at radius 3 is 2.72 bits per heavy atom. The smallest absolute Gasteiger partial charge is 0.230 e. The highest BCUT2D eigenvalue weighted by molar-refractivity contribution is 5.94. The topological polar surface area (TPSA) is 54.5 Å². The number of anilines is 2. The van der Waals surface area contributed by atoms with Crippen molar-refractivity contribution < 1.29 is 9.53 Å². The molecule has 0 aromatic carbocycles. The first-order valence-electron chi connectivity index (χ1n) is 6.21. The Hall–Kier alpha value is -1.62. The Balaban J connectivity index is 2.04. The van der Waals surface area contributed by atoms with Crippen molar-refractivity contribution in [3.8, 4) is 0 Å². The fourth-order valence-electron chi connectivity index (χ4n) is 2.08. The van der Waals surface area contributed by atoms with Gasteiger partial charge in [-0.15, -0.1) is 0 Å². The van der Waals surface area contributed by atoms with Crippen molar-refractivity contribution in [2.45, 2.75) is 12.8 Å². The summed E-state index contributed by atoms with van der Waals surface area (Å²) in [6.45, 7) is 1.36. The second kappa shape index (κ2) is 5.82. The number of pyridine rings is 1. The van der Waals surface area contributed by atoms with Crippen LogP contribution in [-0.4, -0.2) is 38.2 Å². The number of carbonyl (C=O) groups excluding carboxylic acids is 1. The molecular weight excluding hydrogens is 230 g/mol. The second-order valence-electron chi connectivity index (χ2n) is 4.44. The summed E-state index contributed by atoms with van der Waals surface area (Å²) in [5.41, 5.74) is 0.825. The quantitative estimate of drug-likeness (QED) is 0.882. The third kappa shape index (κ3) is 2.79. The van der Waals surface area contributed by atoms with Gasteiger partial charge in [0.25, 0.3) is 0 Å². The molecule has 1 aromatic heterocycles. The van der Waals surface area contributed by atoms with E-state index in [2.05, 4.69) is 10.3 Å². The van der Waals surface area contributed by atoms with Gasteiger partial charge in [-0.1, -0.05) is 0 Å². The Morgan fingerprint density at radius 1 is 1.44 bits per heavy atom. The molecule has 18 heavy (non-hydrogen) atoms. The van der Waals surface area contributed by atoms with E-state index in [0.717, 1.165) is 24.3 Å². The molecule has 1 aliphatic rings. The van der Waals surface area contributed by atoms with E-state index in [4.69, 9.17) is 4.74 Å². The maximum atomic E-state index is 12.3. The molecule has 5 nitrogen and oxygen atoms in total. The molecule has 0 saturated carbocycles. The van der Waals surface area contributed by atoms with Crippen LogP contribution < -0.4 is 10.2 Å². The molecule has 0 radical (unpaired) electrons. The summed E-state index contributed by atoms with van der Waals surface area (Å²) in [6.07, 6.45) is 3.33. The standard InChI is InChI=1S/C13H19N3O2/c1-14-12-4-3-11(9-15-12)16(2)13(17)10-5-7-18-8-6-10/h3-4,9-10H,5-8H2,1-2H3,(H,14,15). The Morgan fingerprint density at radius 2 is 2.17 bits per heavy atom. The zero-order chi connectivity index (χ0) is 13.0. The van der Waals surface area contributed by atoms with Gasteiger partial charge in [0, 0.05) is 33.2 Å². The van der Waals surface area contributed by atoms with Crippen molar-refractivity contribution in [3.05, 3.63) is 18.3 Å². The summed E-state index contributed by atoms with van der Waals surface area (Å²) in [6, 6.07) is 3.76. The first-order valence-corrected chi connectivity index (χ1v) is 6.21. The number of hydrogen-bond acceptors (Lipinski definition) is 4. The molecule has 0 atom stereocenters. The van der Waals surface area contributed by atoms with E-state index >= 15 is 0 Å². The monoisotopic (exact) mass is 249 g/mol. The van der Waals surface area contributed by atoms with E-state index in [1.807, 2.05) is 19.2 Å². The molecule has 1 fully saturated rings. The number of aromatic nitrogens is 1. The predicted molar refractivity (Wildman–Crippen MR) is 70.7 cm³/mol. The van der Waals surface area contributed by atoms with Crippen LogP contribution in [0.1, 0.15) is 12.8 Å². The predicted octanol–water partition coefficient (Wildman–Crippen LogP) is 1.51. The molecular formula is C13H19N3O2. The zero-order valence-electron chi connectivity index (χ0n) is 10.8. The van der Waals surface area contributed by atoms with Gasteiger partial charge in [-0.3, -0.25) is 4.79 Å². The van der Waals surface area contributed by atoms with E-state index in [1.54, 1.807) is 18.1 Å². The molecule has 98 valence electrons. The third-order valence-electron chi connectivity index (χ3n) is 3.29. The lowest BCUT2D eigenvalue weighted by Gasteiger charge is -2.26. The average Bonchev–Trinajstić information content (AvgIpc) is 2.47. The number of hydrogen-bond donors (Lipinski definition) is 1. The van der Waals surface area contributed by atoms with E-state index in [1.165, 1.54) is 0 Å². The highest BCUT2D eigenvalue weighted by Gasteiger charge is 2.25. The van der Waals surface area contributed by atoms with Crippen LogP contribution in [0, 0.1) is 5.92 Å². The van der Waals surface area contributed by atoms with Crippen molar-refractivity contribution in [1.82, 2.24) is 4.98 Å². The lowest BCUT2D eigenvalue weighted by Crippen LogP contribution is -2.35. The second-order valence-corrected chi connectivity index (χ2v) is 4.44. The van der Waals surface area contributed by atoms with Crippen LogP contribution in [0.15, 0.2) is 18.3 Å². The number of nitrogens with one attached hydrogen (secondary N) is 1. The van der Waals surface area contributed by atoms with Crippen LogP contribution in [0.2, 0.25) is 0 Å². The van der Waals surface area contributed by atoms with Crippen LogP contribution >= 0.6 is 0 Å². The van der Waals surface area contributed by atoms with E-state index in [9.17, 15) is 4.79 Å². The van der Waals surface area contributed by atoms with Crippen LogP contribution in [0.5, 0.6) is 0 Å².